The Balaban J connectivity index is 1.79. The first-order chi connectivity index (χ1) is 9.20. The van der Waals surface area contributed by atoms with E-state index in [-0.39, 0.29) is 0 Å². The average Bonchev–Trinajstić information content (AvgIpc) is 2.80. The number of nitrogens with one attached hydrogen (secondary N) is 1. The molecule has 1 aromatic rings. The number of nitrogens with zero attached hydrogens (tertiary/aromatic N) is 3. The van der Waals surface area contributed by atoms with E-state index in [0.29, 0.717) is 5.91 Å². The molecule has 0 aromatic carbocycles. The number of anilines is 1. The molecular weight excluding hydrogens is 240 g/mol. The molecule has 0 aliphatic carbocycles. The van der Waals surface area contributed by atoms with Crippen LogP contribution in [0.25, 0.3) is 0 Å². The van der Waals surface area contributed by atoms with E-state index < -0.39 is 0 Å². The summed E-state index contributed by atoms with van der Waals surface area (Å²) in [6, 6.07) is 0. The number of aryl methyl sites for hydroxylation is 2. The predicted octanol–water partition coefficient (Wildman–Crippen LogP) is 1.77. The van der Waals surface area contributed by atoms with Crippen LogP contribution >= 0.6 is 0 Å². The Kier molecular flexibility index (Phi) is 4.71. The molecule has 1 aliphatic rings. The summed E-state index contributed by atoms with van der Waals surface area (Å²) in [6.45, 7) is 6.60. The van der Waals surface area contributed by atoms with Crippen molar-refractivity contribution < 1.29 is 4.79 Å². The highest BCUT2D eigenvalue weighted by atomic mass is 16.2. The number of amides is 1. The van der Waals surface area contributed by atoms with Gasteiger partial charge in [-0.25, -0.2) is 9.97 Å². The summed E-state index contributed by atoms with van der Waals surface area (Å²) in [5.41, 5.74) is 1.14. The van der Waals surface area contributed by atoms with Crippen molar-refractivity contribution in [1.29, 1.82) is 0 Å². The average molecular weight is 262 g/mol. The summed E-state index contributed by atoms with van der Waals surface area (Å²) in [7, 11) is 0. The Hall–Kier alpha value is -1.65. The second kappa shape index (κ2) is 6.50. The molecule has 0 radical (unpaired) electrons. The molecule has 1 fully saturated rings. The maximum absolute atomic E-state index is 11.5. The van der Waals surface area contributed by atoms with Crippen LogP contribution in [0.5, 0.6) is 0 Å². The van der Waals surface area contributed by atoms with Crippen LogP contribution in [0.3, 0.4) is 0 Å². The quantitative estimate of drug-likeness (QED) is 0.794. The van der Waals surface area contributed by atoms with Gasteiger partial charge < -0.3 is 10.2 Å². The molecular formula is C14H22N4O. The lowest BCUT2D eigenvalue weighted by atomic mass is 10.2. The van der Waals surface area contributed by atoms with E-state index in [9.17, 15) is 4.79 Å². The van der Waals surface area contributed by atoms with Crippen molar-refractivity contribution in [3.63, 3.8) is 0 Å². The molecule has 0 atom stereocenters. The number of hydrogen-bond donors (Lipinski definition) is 1. The number of hydrogen-bond acceptors (Lipinski definition) is 4. The van der Waals surface area contributed by atoms with Gasteiger partial charge in [-0.05, 0) is 26.2 Å². The zero-order valence-corrected chi connectivity index (χ0v) is 11.8. The summed E-state index contributed by atoms with van der Waals surface area (Å²) in [6.07, 6.45) is 5.50. The third kappa shape index (κ3) is 3.66. The fourth-order valence-electron chi connectivity index (χ4n) is 2.32. The lowest BCUT2D eigenvalue weighted by Gasteiger charge is -2.16. The van der Waals surface area contributed by atoms with Gasteiger partial charge in [-0.2, -0.15) is 0 Å². The van der Waals surface area contributed by atoms with E-state index in [4.69, 9.17) is 0 Å². The van der Waals surface area contributed by atoms with E-state index in [1.807, 2.05) is 18.0 Å². The van der Waals surface area contributed by atoms with Crippen LogP contribution in [0, 0.1) is 6.92 Å². The molecule has 104 valence electrons. The van der Waals surface area contributed by atoms with Crippen molar-refractivity contribution in [1.82, 2.24) is 14.9 Å². The van der Waals surface area contributed by atoms with Crippen molar-refractivity contribution in [2.75, 3.05) is 25.0 Å². The van der Waals surface area contributed by atoms with Gasteiger partial charge in [-0.15, -0.1) is 0 Å². The van der Waals surface area contributed by atoms with Gasteiger partial charge in [0.25, 0.3) is 0 Å². The molecule has 19 heavy (non-hydrogen) atoms. The Bertz CT molecular complexity index is 447. The van der Waals surface area contributed by atoms with Crippen LogP contribution < -0.4 is 5.32 Å². The normalized spacial score (nSPS) is 15.1. The van der Waals surface area contributed by atoms with Crippen LogP contribution in [0.4, 0.5) is 5.82 Å². The van der Waals surface area contributed by atoms with Gasteiger partial charge in [0.1, 0.15) is 11.6 Å². The summed E-state index contributed by atoms with van der Waals surface area (Å²) in [5, 5.41) is 3.35. The third-order valence-corrected chi connectivity index (χ3v) is 3.43. The lowest BCUT2D eigenvalue weighted by Crippen LogP contribution is -2.27. The summed E-state index contributed by atoms with van der Waals surface area (Å²) >= 11 is 0. The van der Waals surface area contributed by atoms with Crippen LogP contribution in [-0.2, 0) is 11.2 Å². The number of aromatic nitrogens is 2. The van der Waals surface area contributed by atoms with Gasteiger partial charge in [0, 0.05) is 37.8 Å². The first-order valence-electron chi connectivity index (χ1n) is 7.05. The van der Waals surface area contributed by atoms with Crippen molar-refractivity contribution >= 4 is 11.7 Å². The molecule has 1 aliphatic heterocycles. The molecule has 0 saturated carbocycles. The van der Waals surface area contributed by atoms with Gasteiger partial charge in [0.2, 0.25) is 5.91 Å². The SMILES string of the molecule is CCc1cnc(C)nc1NCCCN1CCCC1=O. The van der Waals surface area contributed by atoms with E-state index in [0.717, 1.165) is 62.5 Å². The third-order valence-electron chi connectivity index (χ3n) is 3.43. The Morgan fingerprint density at radius 1 is 1.47 bits per heavy atom. The molecule has 0 bridgehead atoms. The molecule has 2 rings (SSSR count). The highest BCUT2D eigenvalue weighted by Crippen LogP contribution is 2.13. The van der Waals surface area contributed by atoms with Crippen LogP contribution in [-0.4, -0.2) is 40.4 Å². The molecule has 1 saturated heterocycles. The standard InChI is InChI=1S/C14H22N4O/c1-3-12-10-16-11(2)17-14(12)15-7-5-9-18-8-4-6-13(18)19/h10H,3-9H2,1-2H3,(H,15,16,17). The number of likely N-dealkylation sites (tertiary alicyclic amines) is 1. The second-order valence-electron chi connectivity index (χ2n) is 4.91. The smallest absolute Gasteiger partial charge is 0.222 e. The summed E-state index contributed by atoms with van der Waals surface area (Å²) < 4.78 is 0. The molecule has 5 heteroatoms. The minimum Gasteiger partial charge on any atom is -0.370 e. The Labute approximate surface area is 114 Å². The van der Waals surface area contributed by atoms with E-state index in [1.54, 1.807) is 0 Å². The van der Waals surface area contributed by atoms with Gasteiger partial charge >= 0.3 is 0 Å². The fraction of sp³-hybridized carbons (Fsp3) is 0.643. The monoisotopic (exact) mass is 262 g/mol. The van der Waals surface area contributed by atoms with Crippen LogP contribution in [0.2, 0.25) is 0 Å². The van der Waals surface area contributed by atoms with Crippen molar-refractivity contribution in [2.45, 2.75) is 39.5 Å². The Morgan fingerprint density at radius 2 is 2.32 bits per heavy atom. The van der Waals surface area contributed by atoms with Crippen LogP contribution in [0.1, 0.15) is 37.6 Å². The minimum absolute atomic E-state index is 0.298. The van der Waals surface area contributed by atoms with Crippen LogP contribution in [0.15, 0.2) is 6.20 Å². The molecule has 1 N–H and O–H groups in total. The molecule has 5 nitrogen and oxygen atoms in total. The number of rotatable bonds is 6. The second-order valence-corrected chi connectivity index (χ2v) is 4.91. The highest BCUT2D eigenvalue weighted by molar-refractivity contribution is 5.77. The van der Waals surface area contributed by atoms with Gasteiger partial charge in [0.15, 0.2) is 0 Å². The van der Waals surface area contributed by atoms with E-state index in [1.165, 1.54) is 0 Å². The molecule has 1 amide bonds. The molecule has 1 aromatic heterocycles. The topological polar surface area (TPSA) is 58.1 Å². The zero-order chi connectivity index (χ0) is 13.7. The maximum atomic E-state index is 11.5. The zero-order valence-electron chi connectivity index (χ0n) is 11.8. The van der Waals surface area contributed by atoms with Gasteiger partial charge in [0.05, 0.1) is 0 Å². The lowest BCUT2D eigenvalue weighted by molar-refractivity contribution is -0.127. The molecule has 2 heterocycles. The first-order valence-corrected chi connectivity index (χ1v) is 7.05. The number of carbonyl (C=O) groups excluding carboxylic acids is 1. The van der Waals surface area contributed by atoms with Crippen molar-refractivity contribution in [2.24, 2.45) is 0 Å². The van der Waals surface area contributed by atoms with Crippen molar-refractivity contribution in [3.05, 3.63) is 17.6 Å². The fourth-order valence-corrected chi connectivity index (χ4v) is 2.32. The van der Waals surface area contributed by atoms with E-state index >= 15 is 0 Å². The summed E-state index contributed by atoms with van der Waals surface area (Å²) in [5.74, 6) is 2.02. The minimum atomic E-state index is 0.298. The van der Waals surface area contributed by atoms with Gasteiger partial charge in [-0.3, -0.25) is 4.79 Å². The highest BCUT2D eigenvalue weighted by Gasteiger charge is 2.18. The first kappa shape index (κ1) is 13.8. The molecule has 0 unspecified atom stereocenters. The maximum Gasteiger partial charge on any atom is 0.222 e. The van der Waals surface area contributed by atoms with Crippen molar-refractivity contribution in [3.8, 4) is 0 Å². The predicted molar refractivity (Wildman–Crippen MR) is 75.1 cm³/mol. The summed E-state index contributed by atoms with van der Waals surface area (Å²) in [4.78, 5) is 22.1. The largest absolute Gasteiger partial charge is 0.370 e. The Morgan fingerprint density at radius 3 is 3.00 bits per heavy atom. The van der Waals surface area contributed by atoms with E-state index in [2.05, 4.69) is 22.2 Å². The molecule has 0 spiro atoms. The van der Waals surface area contributed by atoms with Gasteiger partial charge in [-0.1, -0.05) is 6.92 Å². The number of carbonyl (C=O) groups is 1.